The molecular weight excluding hydrogens is 368 g/mol. The summed E-state index contributed by atoms with van der Waals surface area (Å²) in [5, 5.41) is 7.40. The number of rotatable bonds is 4. The second kappa shape index (κ2) is 7.30. The van der Waals surface area contributed by atoms with Gasteiger partial charge in [0.05, 0.1) is 11.6 Å². The van der Waals surface area contributed by atoms with Crippen LogP contribution in [0.5, 0.6) is 0 Å². The number of carbonyl (C=O) groups excluding carboxylic acids is 1. The van der Waals surface area contributed by atoms with Crippen molar-refractivity contribution in [2.24, 2.45) is 5.92 Å². The number of amides is 1. The molecule has 0 aromatic carbocycles. The molecule has 4 heterocycles. The molecule has 1 saturated heterocycles. The van der Waals surface area contributed by atoms with Gasteiger partial charge in [-0.2, -0.15) is 5.10 Å². The topological polar surface area (TPSA) is 50.2 Å². The maximum atomic E-state index is 12.3. The first-order valence-electron chi connectivity index (χ1n) is 10.8. The molecule has 28 heavy (non-hydrogen) atoms. The predicted molar refractivity (Wildman–Crippen MR) is 112 cm³/mol. The van der Waals surface area contributed by atoms with Crippen molar-refractivity contribution in [2.75, 3.05) is 19.6 Å². The third-order valence-corrected chi connectivity index (χ3v) is 8.84. The summed E-state index contributed by atoms with van der Waals surface area (Å²) < 4.78 is 2.11. The van der Waals surface area contributed by atoms with E-state index in [0.717, 1.165) is 43.6 Å². The molecule has 150 valence electrons. The maximum Gasteiger partial charge on any atom is 0.252 e. The summed E-state index contributed by atoms with van der Waals surface area (Å²) >= 11 is 1.91. The van der Waals surface area contributed by atoms with E-state index in [1.807, 2.05) is 23.6 Å². The number of likely N-dealkylation sites (tertiary alicyclic amines) is 1. The highest BCUT2D eigenvalue weighted by molar-refractivity contribution is 7.12. The predicted octanol–water partition coefficient (Wildman–Crippen LogP) is 3.76. The number of thiophene rings is 1. The van der Waals surface area contributed by atoms with Crippen LogP contribution in [-0.2, 0) is 6.42 Å². The Bertz CT molecular complexity index is 844. The average molecular weight is 399 g/mol. The molecule has 0 unspecified atom stereocenters. The molecule has 0 radical (unpaired) electrons. The third kappa shape index (κ3) is 3.11. The number of aromatic nitrogens is 2. The summed E-state index contributed by atoms with van der Waals surface area (Å²) in [6, 6.07) is 3.33. The number of nitrogens with one attached hydrogen (secondary N) is 1. The molecule has 2 aromatic heterocycles. The van der Waals surface area contributed by atoms with Crippen LogP contribution >= 0.6 is 11.3 Å². The summed E-state index contributed by atoms with van der Waals surface area (Å²) in [4.78, 5) is 17.7. The fraction of sp³-hybridized carbons (Fsp3) is 0.636. The Labute approximate surface area is 171 Å². The molecule has 1 N–H and O–H groups in total. The van der Waals surface area contributed by atoms with Crippen molar-refractivity contribution >= 4 is 17.2 Å². The molecule has 3 aliphatic rings. The van der Waals surface area contributed by atoms with Gasteiger partial charge in [0.15, 0.2) is 0 Å². The molecule has 1 saturated carbocycles. The number of hydrogen-bond donors (Lipinski definition) is 1. The summed E-state index contributed by atoms with van der Waals surface area (Å²) in [6.07, 6.45) is 10.2. The smallest absolute Gasteiger partial charge is 0.252 e. The average Bonchev–Trinajstić information content (AvgIpc) is 3.30. The molecule has 0 spiro atoms. The van der Waals surface area contributed by atoms with Gasteiger partial charge in [-0.25, -0.2) is 0 Å². The fourth-order valence-corrected chi connectivity index (χ4v) is 6.96. The van der Waals surface area contributed by atoms with Crippen LogP contribution in [0.3, 0.4) is 0 Å². The molecule has 1 aliphatic carbocycles. The van der Waals surface area contributed by atoms with Crippen molar-refractivity contribution < 1.29 is 4.79 Å². The van der Waals surface area contributed by atoms with Crippen LogP contribution in [0.25, 0.3) is 0 Å². The van der Waals surface area contributed by atoms with Gasteiger partial charge in [-0.05, 0) is 62.5 Å². The van der Waals surface area contributed by atoms with E-state index in [4.69, 9.17) is 0 Å². The van der Waals surface area contributed by atoms with E-state index in [1.54, 1.807) is 0 Å². The van der Waals surface area contributed by atoms with E-state index in [9.17, 15) is 4.79 Å². The molecule has 2 aromatic rings. The van der Waals surface area contributed by atoms with Crippen LogP contribution < -0.4 is 5.32 Å². The van der Waals surface area contributed by atoms with Crippen LogP contribution in [-0.4, -0.2) is 46.3 Å². The van der Waals surface area contributed by atoms with Gasteiger partial charge in [0.1, 0.15) is 0 Å². The first-order valence-corrected chi connectivity index (χ1v) is 11.6. The first-order chi connectivity index (χ1) is 13.6. The van der Waals surface area contributed by atoms with Crippen molar-refractivity contribution in [3.05, 3.63) is 39.3 Å². The van der Waals surface area contributed by atoms with Crippen LogP contribution in [0.15, 0.2) is 18.5 Å². The van der Waals surface area contributed by atoms with Gasteiger partial charge in [-0.15, -0.1) is 11.3 Å². The highest BCUT2D eigenvalue weighted by Gasteiger charge is 2.37. The Hall–Kier alpha value is -1.66. The second-order valence-corrected chi connectivity index (χ2v) is 9.98. The van der Waals surface area contributed by atoms with E-state index in [2.05, 4.69) is 40.0 Å². The van der Waals surface area contributed by atoms with Crippen LogP contribution in [0.4, 0.5) is 0 Å². The van der Waals surface area contributed by atoms with Crippen molar-refractivity contribution in [3.63, 3.8) is 0 Å². The Morgan fingerprint density at radius 3 is 2.68 bits per heavy atom. The van der Waals surface area contributed by atoms with Crippen LogP contribution in [0.2, 0.25) is 0 Å². The fourth-order valence-electron chi connectivity index (χ4n) is 5.51. The Kier molecular flexibility index (Phi) is 4.79. The monoisotopic (exact) mass is 398 g/mol. The zero-order valence-corrected chi connectivity index (χ0v) is 17.7. The van der Waals surface area contributed by atoms with E-state index in [-0.39, 0.29) is 5.91 Å². The molecule has 1 atom stereocenters. The molecule has 2 aliphatic heterocycles. The van der Waals surface area contributed by atoms with Crippen molar-refractivity contribution in [1.82, 2.24) is 20.0 Å². The molecule has 6 heteroatoms. The zero-order valence-electron chi connectivity index (χ0n) is 16.9. The van der Waals surface area contributed by atoms with Crippen molar-refractivity contribution in [2.45, 2.75) is 64.0 Å². The number of nitrogens with zero attached hydrogens (tertiary/aromatic N) is 3. The number of fused-ring (bicyclic) bond motifs is 1. The Morgan fingerprint density at radius 2 is 2.00 bits per heavy atom. The van der Waals surface area contributed by atoms with E-state index >= 15 is 0 Å². The third-order valence-electron chi connectivity index (χ3n) is 7.29. The van der Waals surface area contributed by atoms with Gasteiger partial charge in [0.25, 0.3) is 5.91 Å². The van der Waals surface area contributed by atoms with Gasteiger partial charge in [-0.1, -0.05) is 6.92 Å². The molecule has 2 fully saturated rings. The van der Waals surface area contributed by atoms with Crippen LogP contribution in [0.1, 0.15) is 70.2 Å². The zero-order chi connectivity index (χ0) is 19.3. The second-order valence-electron chi connectivity index (χ2n) is 8.85. The molecule has 1 amide bonds. The Morgan fingerprint density at radius 1 is 1.21 bits per heavy atom. The molecule has 5 nitrogen and oxygen atoms in total. The van der Waals surface area contributed by atoms with E-state index in [0.29, 0.717) is 12.0 Å². The molecule has 0 bridgehead atoms. The highest BCUT2D eigenvalue weighted by Crippen LogP contribution is 2.44. The van der Waals surface area contributed by atoms with Gasteiger partial charge in [0, 0.05) is 47.8 Å². The SMILES string of the molecule is Cc1c([C@H](C)C2CCC(N3CC(n4cccn4)C3)CC2)sc2c1C(=O)NCC2. The highest BCUT2D eigenvalue weighted by atomic mass is 32.1. The number of carbonyl (C=O) groups is 1. The minimum atomic E-state index is 0.140. The van der Waals surface area contributed by atoms with Crippen molar-refractivity contribution in [3.8, 4) is 0 Å². The van der Waals surface area contributed by atoms with Gasteiger partial charge >= 0.3 is 0 Å². The molecular formula is C22H30N4OS. The van der Waals surface area contributed by atoms with E-state index < -0.39 is 0 Å². The maximum absolute atomic E-state index is 12.3. The quantitative estimate of drug-likeness (QED) is 0.853. The largest absolute Gasteiger partial charge is 0.352 e. The summed E-state index contributed by atoms with van der Waals surface area (Å²) in [7, 11) is 0. The van der Waals surface area contributed by atoms with E-state index in [1.165, 1.54) is 41.0 Å². The van der Waals surface area contributed by atoms with Gasteiger partial charge in [0.2, 0.25) is 0 Å². The standard InChI is InChI=1S/C22H30N4OS/c1-14(21-15(2)20-19(28-21)8-10-23-22(20)27)16-4-6-17(7-5-16)25-12-18(13-25)26-11-3-9-24-26/h3,9,11,14,16-18H,4-8,10,12-13H2,1-2H3,(H,23,27)/t14-,16?,17?/m1/s1. The lowest BCUT2D eigenvalue weighted by Crippen LogP contribution is -2.53. The molecule has 5 rings (SSSR count). The van der Waals surface area contributed by atoms with Gasteiger partial charge in [-0.3, -0.25) is 14.4 Å². The minimum absolute atomic E-state index is 0.140. The Balaban J connectivity index is 1.19. The lowest BCUT2D eigenvalue weighted by molar-refractivity contribution is 0.0270. The lowest BCUT2D eigenvalue weighted by atomic mass is 9.76. The summed E-state index contributed by atoms with van der Waals surface area (Å²) in [5.41, 5.74) is 2.23. The summed E-state index contributed by atoms with van der Waals surface area (Å²) in [6.45, 7) is 7.65. The number of hydrogen-bond acceptors (Lipinski definition) is 4. The lowest BCUT2D eigenvalue weighted by Gasteiger charge is -2.47. The summed E-state index contributed by atoms with van der Waals surface area (Å²) in [5.74, 6) is 1.46. The van der Waals surface area contributed by atoms with Gasteiger partial charge < -0.3 is 5.32 Å². The normalized spacial score (nSPS) is 27.1. The van der Waals surface area contributed by atoms with Crippen molar-refractivity contribution in [1.29, 1.82) is 0 Å². The first kappa shape index (κ1) is 18.4. The minimum Gasteiger partial charge on any atom is -0.352 e. The van der Waals surface area contributed by atoms with Crippen LogP contribution in [0, 0.1) is 12.8 Å².